The van der Waals surface area contributed by atoms with Crippen molar-refractivity contribution in [1.29, 1.82) is 0 Å². The van der Waals surface area contributed by atoms with E-state index in [4.69, 9.17) is 11.6 Å². The lowest BCUT2D eigenvalue weighted by Crippen LogP contribution is -1.98. The standard InChI is InChI=1S/C13H9ClFN3S/c1-16-11-7-5-6-19-13(7)18-12(17-11)10-8(14)3-2-4-9(10)15/h2-6H,1H3,(H,16,17,18). The lowest BCUT2D eigenvalue weighted by Gasteiger charge is -2.07. The van der Waals surface area contributed by atoms with E-state index in [1.165, 1.54) is 17.4 Å². The van der Waals surface area contributed by atoms with E-state index in [2.05, 4.69) is 15.3 Å². The van der Waals surface area contributed by atoms with E-state index in [9.17, 15) is 4.39 Å². The normalized spacial score (nSPS) is 10.9. The van der Waals surface area contributed by atoms with E-state index in [-0.39, 0.29) is 5.56 Å². The zero-order valence-corrected chi connectivity index (χ0v) is 11.5. The highest BCUT2D eigenvalue weighted by molar-refractivity contribution is 7.16. The van der Waals surface area contributed by atoms with Crippen LogP contribution in [0.15, 0.2) is 29.6 Å². The molecule has 0 spiro atoms. The molecule has 0 aliphatic carbocycles. The minimum absolute atomic E-state index is 0.232. The summed E-state index contributed by atoms with van der Waals surface area (Å²) in [5, 5.41) is 6.14. The molecule has 0 aliphatic heterocycles. The minimum atomic E-state index is -0.426. The number of hydrogen-bond acceptors (Lipinski definition) is 4. The topological polar surface area (TPSA) is 37.8 Å². The van der Waals surface area contributed by atoms with E-state index in [1.54, 1.807) is 19.2 Å². The van der Waals surface area contributed by atoms with Gasteiger partial charge in [0.1, 0.15) is 16.5 Å². The molecule has 6 heteroatoms. The molecular weight excluding hydrogens is 285 g/mol. The van der Waals surface area contributed by atoms with Gasteiger partial charge in [0.25, 0.3) is 0 Å². The molecule has 1 N–H and O–H groups in total. The van der Waals surface area contributed by atoms with Gasteiger partial charge in [0.15, 0.2) is 5.82 Å². The van der Waals surface area contributed by atoms with E-state index in [0.29, 0.717) is 16.7 Å². The number of fused-ring (bicyclic) bond motifs is 1. The lowest BCUT2D eigenvalue weighted by molar-refractivity contribution is 0.630. The molecule has 96 valence electrons. The first-order chi connectivity index (χ1) is 9.20. The lowest BCUT2D eigenvalue weighted by atomic mass is 10.2. The highest BCUT2D eigenvalue weighted by Gasteiger charge is 2.15. The van der Waals surface area contributed by atoms with Crippen LogP contribution < -0.4 is 5.32 Å². The first kappa shape index (κ1) is 12.3. The summed E-state index contributed by atoms with van der Waals surface area (Å²) in [6, 6.07) is 6.46. The van der Waals surface area contributed by atoms with Crippen LogP contribution in [-0.2, 0) is 0 Å². The summed E-state index contributed by atoms with van der Waals surface area (Å²) in [4.78, 5) is 9.52. The fourth-order valence-electron chi connectivity index (χ4n) is 1.87. The number of nitrogens with one attached hydrogen (secondary N) is 1. The van der Waals surface area contributed by atoms with Crippen molar-refractivity contribution in [2.24, 2.45) is 0 Å². The van der Waals surface area contributed by atoms with Gasteiger partial charge in [-0.1, -0.05) is 17.7 Å². The van der Waals surface area contributed by atoms with Crippen LogP contribution in [0.2, 0.25) is 5.02 Å². The van der Waals surface area contributed by atoms with E-state index in [1.807, 2.05) is 11.4 Å². The molecular formula is C13H9ClFN3S. The van der Waals surface area contributed by atoms with Crippen molar-refractivity contribution in [2.45, 2.75) is 0 Å². The molecule has 3 rings (SSSR count). The SMILES string of the molecule is CNc1nc(-c2c(F)cccc2Cl)nc2sccc12. The highest BCUT2D eigenvalue weighted by atomic mass is 35.5. The van der Waals surface area contributed by atoms with Gasteiger partial charge in [-0.25, -0.2) is 14.4 Å². The zero-order valence-electron chi connectivity index (χ0n) is 9.95. The van der Waals surface area contributed by atoms with Crippen molar-refractivity contribution in [1.82, 2.24) is 9.97 Å². The fourth-order valence-corrected chi connectivity index (χ4v) is 2.88. The Kier molecular flexibility index (Phi) is 3.08. The van der Waals surface area contributed by atoms with Crippen molar-refractivity contribution in [2.75, 3.05) is 12.4 Å². The van der Waals surface area contributed by atoms with Crippen molar-refractivity contribution in [3.63, 3.8) is 0 Å². The van der Waals surface area contributed by atoms with Crippen LogP contribution in [0.3, 0.4) is 0 Å². The molecule has 0 amide bonds. The summed E-state index contributed by atoms with van der Waals surface area (Å²) in [5.74, 6) is 0.536. The number of hydrogen-bond donors (Lipinski definition) is 1. The number of benzene rings is 1. The van der Waals surface area contributed by atoms with Gasteiger partial charge in [-0.15, -0.1) is 11.3 Å². The average molecular weight is 294 g/mol. The van der Waals surface area contributed by atoms with Crippen LogP contribution in [-0.4, -0.2) is 17.0 Å². The summed E-state index contributed by atoms with van der Waals surface area (Å²) in [6.07, 6.45) is 0. The molecule has 0 aliphatic rings. The van der Waals surface area contributed by atoms with Crippen LogP contribution in [0.4, 0.5) is 10.2 Å². The minimum Gasteiger partial charge on any atom is -0.372 e. The molecule has 1 aromatic carbocycles. The van der Waals surface area contributed by atoms with E-state index in [0.717, 1.165) is 10.2 Å². The molecule has 19 heavy (non-hydrogen) atoms. The largest absolute Gasteiger partial charge is 0.372 e. The number of thiophene rings is 1. The molecule has 0 fully saturated rings. The van der Waals surface area contributed by atoms with Gasteiger partial charge in [-0.3, -0.25) is 0 Å². The average Bonchev–Trinajstić information content (AvgIpc) is 2.85. The number of halogens is 2. The molecule has 0 atom stereocenters. The second-order valence-corrected chi connectivity index (χ2v) is 5.18. The molecule has 3 aromatic rings. The maximum Gasteiger partial charge on any atom is 0.167 e. The Hall–Kier alpha value is -1.72. The molecule has 0 unspecified atom stereocenters. The van der Waals surface area contributed by atoms with Crippen molar-refractivity contribution in [3.05, 3.63) is 40.5 Å². The molecule has 0 saturated carbocycles. The Bertz CT molecular complexity index is 736. The van der Waals surface area contributed by atoms with E-state index >= 15 is 0 Å². The molecule has 0 radical (unpaired) electrons. The third-order valence-electron chi connectivity index (χ3n) is 2.75. The third kappa shape index (κ3) is 2.05. The maximum atomic E-state index is 13.9. The van der Waals surface area contributed by atoms with Crippen LogP contribution in [0.1, 0.15) is 0 Å². The number of nitrogens with zero attached hydrogens (tertiary/aromatic N) is 2. The Balaban J connectivity index is 2.31. The highest BCUT2D eigenvalue weighted by Crippen LogP contribution is 2.32. The smallest absolute Gasteiger partial charge is 0.167 e. The first-order valence-electron chi connectivity index (χ1n) is 5.58. The van der Waals surface area contributed by atoms with Gasteiger partial charge in [-0.2, -0.15) is 0 Å². The fraction of sp³-hybridized carbons (Fsp3) is 0.0769. The summed E-state index contributed by atoms with van der Waals surface area (Å²) in [7, 11) is 1.77. The number of anilines is 1. The summed E-state index contributed by atoms with van der Waals surface area (Å²) in [6.45, 7) is 0. The second-order valence-electron chi connectivity index (χ2n) is 3.88. The van der Waals surface area contributed by atoms with Crippen LogP contribution >= 0.6 is 22.9 Å². The number of aromatic nitrogens is 2. The van der Waals surface area contributed by atoms with Crippen LogP contribution in [0.25, 0.3) is 21.6 Å². The van der Waals surface area contributed by atoms with Crippen LogP contribution in [0, 0.1) is 5.82 Å². The Labute approximate surface area is 118 Å². The van der Waals surface area contributed by atoms with E-state index < -0.39 is 5.82 Å². The second kappa shape index (κ2) is 4.75. The van der Waals surface area contributed by atoms with Crippen molar-refractivity contribution >= 4 is 39.0 Å². The summed E-state index contributed by atoms with van der Waals surface area (Å²) in [5.41, 5.74) is 0.232. The predicted octanol–water partition coefficient (Wildman–Crippen LogP) is 4.19. The zero-order chi connectivity index (χ0) is 13.4. The molecule has 0 bridgehead atoms. The predicted molar refractivity (Wildman–Crippen MR) is 77.4 cm³/mol. The Morgan fingerprint density at radius 2 is 2.11 bits per heavy atom. The third-order valence-corrected chi connectivity index (χ3v) is 3.87. The van der Waals surface area contributed by atoms with Gasteiger partial charge in [-0.05, 0) is 23.6 Å². The van der Waals surface area contributed by atoms with Gasteiger partial charge >= 0.3 is 0 Å². The monoisotopic (exact) mass is 293 g/mol. The number of rotatable bonds is 2. The maximum absolute atomic E-state index is 13.9. The molecule has 0 saturated heterocycles. The van der Waals surface area contributed by atoms with Crippen molar-refractivity contribution < 1.29 is 4.39 Å². The molecule has 3 nitrogen and oxygen atoms in total. The Morgan fingerprint density at radius 1 is 1.26 bits per heavy atom. The van der Waals surface area contributed by atoms with Crippen molar-refractivity contribution in [3.8, 4) is 11.4 Å². The quantitative estimate of drug-likeness (QED) is 0.770. The molecule has 2 heterocycles. The Morgan fingerprint density at radius 3 is 2.84 bits per heavy atom. The summed E-state index contributed by atoms with van der Waals surface area (Å²) >= 11 is 7.53. The summed E-state index contributed by atoms with van der Waals surface area (Å²) < 4.78 is 13.9. The van der Waals surface area contributed by atoms with Gasteiger partial charge in [0, 0.05) is 7.05 Å². The van der Waals surface area contributed by atoms with Crippen LogP contribution in [0.5, 0.6) is 0 Å². The van der Waals surface area contributed by atoms with Gasteiger partial charge in [0.05, 0.1) is 16.0 Å². The van der Waals surface area contributed by atoms with Gasteiger partial charge < -0.3 is 5.32 Å². The first-order valence-corrected chi connectivity index (χ1v) is 6.84. The molecule has 2 aromatic heterocycles. The van der Waals surface area contributed by atoms with Gasteiger partial charge in [0.2, 0.25) is 0 Å².